The molecule has 1 atom stereocenters. The third kappa shape index (κ3) is 4.44. The summed E-state index contributed by atoms with van der Waals surface area (Å²) in [6.07, 6.45) is 1.49. The van der Waals surface area contributed by atoms with E-state index in [9.17, 15) is 4.39 Å². The average Bonchev–Trinajstić information content (AvgIpc) is 2.75. The molecule has 2 rings (SSSR count). The van der Waals surface area contributed by atoms with Crippen LogP contribution in [0.25, 0.3) is 0 Å². The Balaban J connectivity index is 1.74. The van der Waals surface area contributed by atoms with Gasteiger partial charge in [0.1, 0.15) is 5.82 Å². The van der Waals surface area contributed by atoms with E-state index in [1.807, 2.05) is 6.07 Å². The number of halogens is 1. The fourth-order valence-corrected chi connectivity index (χ4v) is 1.96. The van der Waals surface area contributed by atoms with Crippen LogP contribution in [0.5, 0.6) is 0 Å². The summed E-state index contributed by atoms with van der Waals surface area (Å²) in [6.45, 7) is 4.63. The molecule has 1 N–H and O–H groups in total. The van der Waals surface area contributed by atoms with Crippen molar-refractivity contribution in [2.45, 2.75) is 32.7 Å². The second-order valence-corrected chi connectivity index (χ2v) is 4.67. The molecular formula is C14H18FN3O. The van der Waals surface area contributed by atoms with Crippen LogP contribution in [0, 0.1) is 12.7 Å². The number of nitrogens with zero attached hydrogens (tertiary/aromatic N) is 2. The predicted molar refractivity (Wildman–Crippen MR) is 70.3 cm³/mol. The molecule has 4 nitrogen and oxygen atoms in total. The van der Waals surface area contributed by atoms with Crippen molar-refractivity contribution in [2.75, 3.05) is 6.54 Å². The fourth-order valence-electron chi connectivity index (χ4n) is 1.96. The molecule has 0 bridgehead atoms. The fraction of sp³-hybridized carbons (Fsp3) is 0.429. The van der Waals surface area contributed by atoms with Crippen molar-refractivity contribution in [3.05, 3.63) is 47.4 Å². The van der Waals surface area contributed by atoms with Crippen molar-refractivity contribution in [1.82, 2.24) is 15.5 Å². The highest BCUT2D eigenvalue weighted by atomic mass is 19.1. The highest BCUT2D eigenvalue weighted by molar-refractivity contribution is 5.17. The first-order chi connectivity index (χ1) is 9.13. The minimum atomic E-state index is -0.189. The highest BCUT2D eigenvalue weighted by Gasteiger charge is 2.06. The Morgan fingerprint density at radius 2 is 2.26 bits per heavy atom. The first kappa shape index (κ1) is 13.7. The van der Waals surface area contributed by atoms with Gasteiger partial charge in [0.05, 0.1) is 0 Å². The number of aromatic nitrogens is 2. The zero-order valence-electron chi connectivity index (χ0n) is 11.2. The number of benzene rings is 1. The van der Waals surface area contributed by atoms with Crippen molar-refractivity contribution >= 4 is 0 Å². The van der Waals surface area contributed by atoms with Gasteiger partial charge in [-0.05, 0) is 38.0 Å². The third-order valence-electron chi connectivity index (χ3n) is 2.83. The molecule has 0 aliphatic carbocycles. The molecule has 1 aromatic heterocycles. The van der Waals surface area contributed by atoms with Crippen LogP contribution >= 0.6 is 0 Å². The number of hydrogen-bond acceptors (Lipinski definition) is 4. The Bertz CT molecular complexity index is 527. The summed E-state index contributed by atoms with van der Waals surface area (Å²) in [5.41, 5.74) is 0.994. The lowest BCUT2D eigenvalue weighted by Gasteiger charge is -2.13. The van der Waals surface area contributed by atoms with Crippen molar-refractivity contribution in [2.24, 2.45) is 0 Å². The Morgan fingerprint density at radius 3 is 2.95 bits per heavy atom. The van der Waals surface area contributed by atoms with E-state index < -0.39 is 0 Å². The molecule has 0 fully saturated rings. The summed E-state index contributed by atoms with van der Waals surface area (Å²) < 4.78 is 18.1. The Labute approximate surface area is 112 Å². The number of aryl methyl sites for hydroxylation is 1. The molecule has 0 aliphatic rings. The summed E-state index contributed by atoms with van der Waals surface area (Å²) in [6, 6.07) is 6.96. The largest absolute Gasteiger partial charge is 0.339 e. The van der Waals surface area contributed by atoms with E-state index in [0.29, 0.717) is 18.1 Å². The van der Waals surface area contributed by atoms with E-state index in [0.717, 1.165) is 18.5 Å². The number of nitrogens with one attached hydrogen (secondary N) is 1. The van der Waals surface area contributed by atoms with Gasteiger partial charge in [-0.2, -0.15) is 4.98 Å². The molecule has 1 unspecified atom stereocenters. The third-order valence-corrected chi connectivity index (χ3v) is 2.83. The molecule has 1 aromatic carbocycles. The average molecular weight is 263 g/mol. The van der Waals surface area contributed by atoms with Crippen LogP contribution in [-0.4, -0.2) is 22.7 Å². The Morgan fingerprint density at radius 1 is 1.42 bits per heavy atom. The summed E-state index contributed by atoms with van der Waals surface area (Å²) >= 11 is 0. The van der Waals surface area contributed by atoms with E-state index >= 15 is 0 Å². The zero-order valence-corrected chi connectivity index (χ0v) is 11.2. The monoisotopic (exact) mass is 263 g/mol. The molecular weight excluding hydrogens is 245 g/mol. The first-order valence-electron chi connectivity index (χ1n) is 6.40. The topological polar surface area (TPSA) is 51.0 Å². The van der Waals surface area contributed by atoms with Crippen LogP contribution in [0.3, 0.4) is 0 Å². The van der Waals surface area contributed by atoms with Gasteiger partial charge in [-0.15, -0.1) is 0 Å². The minimum Gasteiger partial charge on any atom is -0.339 e. The van der Waals surface area contributed by atoms with Gasteiger partial charge >= 0.3 is 0 Å². The van der Waals surface area contributed by atoms with Gasteiger partial charge < -0.3 is 9.84 Å². The first-order valence-corrected chi connectivity index (χ1v) is 6.40. The lowest BCUT2D eigenvalue weighted by Crippen LogP contribution is -2.30. The molecule has 0 saturated carbocycles. The summed E-state index contributed by atoms with van der Waals surface area (Å²) in [5, 5.41) is 7.09. The van der Waals surface area contributed by atoms with Gasteiger partial charge in [0.2, 0.25) is 5.89 Å². The van der Waals surface area contributed by atoms with Crippen LogP contribution in [0.4, 0.5) is 4.39 Å². The SMILES string of the molecule is Cc1noc(CCNC(C)Cc2cccc(F)c2)n1. The van der Waals surface area contributed by atoms with Crippen molar-refractivity contribution in [3.8, 4) is 0 Å². The second kappa shape index (κ2) is 6.43. The standard InChI is InChI=1S/C14H18FN3O/c1-10(8-12-4-3-5-13(15)9-12)16-7-6-14-17-11(2)18-19-14/h3-5,9-10,16H,6-8H2,1-2H3. The van der Waals surface area contributed by atoms with E-state index in [1.165, 1.54) is 6.07 Å². The molecule has 0 amide bonds. The van der Waals surface area contributed by atoms with Crippen LogP contribution < -0.4 is 5.32 Å². The molecule has 0 radical (unpaired) electrons. The smallest absolute Gasteiger partial charge is 0.227 e. The molecule has 0 aliphatic heterocycles. The quantitative estimate of drug-likeness (QED) is 0.868. The molecule has 19 heavy (non-hydrogen) atoms. The maximum absolute atomic E-state index is 13.0. The minimum absolute atomic E-state index is 0.189. The van der Waals surface area contributed by atoms with E-state index in [2.05, 4.69) is 22.4 Å². The van der Waals surface area contributed by atoms with Crippen LogP contribution in [0.15, 0.2) is 28.8 Å². The summed E-state index contributed by atoms with van der Waals surface area (Å²) in [5.74, 6) is 1.11. The molecule has 5 heteroatoms. The van der Waals surface area contributed by atoms with E-state index in [4.69, 9.17) is 4.52 Å². The van der Waals surface area contributed by atoms with E-state index in [-0.39, 0.29) is 11.9 Å². The van der Waals surface area contributed by atoms with Crippen LogP contribution in [0.2, 0.25) is 0 Å². The zero-order chi connectivity index (χ0) is 13.7. The van der Waals surface area contributed by atoms with Gasteiger partial charge in [-0.3, -0.25) is 0 Å². The summed E-state index contributed by atoms with van der Waals surface area (Å²) in [4.78, 5) is 4.14. The maximum Gasteiger partial charge on any atom is 0.227 e. The Hall–Kier alpha value is -1.75. The van der Waals surface area contributed by atoms with Gasteiger partial charge in [-0.1, -0.05) is 17.3 Å². The van der Waals surface area contributed by atoms with Crippen molar-refractivity contribution < 1.29 is 8.91 Å². The molecule has 2 aromatic rings. The normalized spacial score (nSPS) is 12.6. The predicted octanol–water partition coefficient (Wildman–Crippen LogP) is 2.28. The van der Waals surface area contributed by atoms with Gasteiger partial charge in [0.15, 0.2) is 5.82 Å². The second-order valence-electron chi connectivity index (χ2n) is 4.67. The van der Waals surface area contributed by atoms with Gasteiger partial charge in [-0.25, -0.2) is 4.39 Å². The lowest BCUT2D eigenvalue weighted by atomic mass is 10.1. The Kier molecular flexibility index (Phi) is 4.63. The van der Waals surface area contributed by atoms with Crippen LogP contribution in [-0.2, 0) is 12.8 Å². The van der Waals surface area contributed by atoms with Crippen molar-refractivity contribution in [3.63, 3.8) is 0 Å². The van der Waals surface area contributed by atoms with Crippen molar-refractivity contribution in [1.29, 1.82) is 0 Å². The number of hydrogen-bond donors (Lipinski definition) is 1. The molecule has 102 valence electrons. The van der Waals surface area contributed by atoms with Gasteiger partial charge in [0.25, 0.3) is 0 Å². The summed E-state index contributed by atoms with van der Waals surface area (Å²) in [7, 11) is 0. The van der Waals surface area contributed by atoms with Crippen LogP contribution in [0.1, 0.15) is 24.2 Å². The highest BCUT2D eigenvalue weighted by Crippen LogP contribution is 2.06. The van der Waals surface area contributed by atoms with Gasteiger partial charge in [0, 0.05) is 19.0 Å². The maximum atomic E-state index is 13.0. The molecule has 1 heterocycles. The number of rotatable bonds is 6. The van der Waals surface area contributed by atoms with E-state index in [1.54, 1.807) is 19.1 Å². The lowest BCUT2D eigenvalue weighted by molar-refractivity contribution is 0.369. The molecule has 0 saturated heterocycles. The molecule has 0 spiro atoms.